The van der Waals surface area contributed by atoms with Crippen LogP contribution >= 0.6 is 0 Å². The highest BCUT2D eigenvalue weighted by atomic mass is 15.1. The largest absolute Gasteiger partial charge is 0.374 e. The van der Waals surface area contributed by atoms with Gasteiger partial charge < -0.3 is 15.1 Å². The molecule has 0 aliphatic rings. The first kappa shape index (κ1) is 17.0. The Morgan fingerprint density at radius 1 is 1.05 bits per heavy atom. The van der Waals surface area contributed by atoms with E-state index in [9.17, 15) is 0 Å². The molecule has 0 heterocycles. The van der Waals surface area contributed by atoms with Crippen molar-refractivity contribution in [1.82, 2.24) is 10.2 Å². The first-order valence-electron chi connectivity index (χ1n) is 7.78. The topological polar surface area (TPSA) is 18.5 Å². The third kappa shape index (κ3) is 5.14. The van der Waals surface area contributed by atoms with Crippen LogP contribution in [0.25, 0.3) is 0 Å². The number of anilines is 1. The predicted octanol–water partition coefficient (Wildman–Crippen LogP) is 3.14. The second kappa shape index (κ2) is 8.98. The molecule has 114 valence electrons. The zero-order chi connectivity index (χ0) is 15.0. The quantitative estimate of drug-likeness (QED) is 0.748. The third-order valence-corrected chi connectivity index (χ3v) is 3.68. The fraction of sp³-hybridized carbons (Fsp3) is 0.647. The highest BCUT2D eigenvalue weighted by Crippen LogP contribution is 2.27. The molecule has 0 aliphatic carbocycles. The van der Waals surface area contributed by atoms with Crippen molar-refractivity contribution in [2.75, 3.05) is 45.7 Å². The van der Waals surface area contributed by atoms with Crippen molar-refractivity contribution in [3.63, 3.8) is 0 Å². The standard InChI is InChI=1S/C17H31N3/c1-6-16(18-7-2)15-11-8-9-12-17(15)20(5)14-10-13-19(3)4/h8-9,11-12,16,18H,6-7,10,13-14H2,1-5H3. The number of hydrogen-bond donors (Lipinski definition) is 1. The molecule has 0 bridgehead atoms. The minimum Gasteiger partial charge on any atom is -0.374 e. The molecular formula is C17H31N3. The van der Waals surface area contributed by atoms with Gasteiger partial charge in [0.15, 0.2) is 0 Å². The molecule has 1 rings (SSSR count). The summed E-state index contributed by atoms with van der Waals surface area (Å²) in [6.45, 7) is 7.66. The molecule has 1 atom stereocenters. The van der Waals surface area contributed by atoms with Crippen LogP contribution < -0.4 is 10.2 Å². The Hall–Kier alpha value is -1.06. The number of rotatable bonds is 9. The van der Waals surface area contributed by atoms with E-state index in [0.717, 1.165) is 26.1 Å². The van der Waals surface area contributed by atoms with Crippen LogP contribution in [0, 0.1) is 0 Å². The summed E-state index contributed by atoms with van der Waals surface area (Å²) in [5, 5.41) is 3.58. The molecule has 0 saturated carbocycles. The van der Waals surface area contributed by atoms with Crippen molar-refractivity contribution in [2.45, 2.75) is 32.7 Å². The second-order valence-corrected chi connectivity index (χ2v) is 5.66. The van der Waals surface area contributed by atoms with Gasteiger partial charge in [0.1, 0.15) is 0 Å². The van der Waals surface area contributed by atoms with Crippen LogP contribution in [0.4, 0.5) is 5.69 Å². The SMILES string of the molecule is CCNC(CC)c1ccccc1N(C)CCCN(C)C. The minimum absolute atomic E-state index is 0.451. The maximum absolute atomic E-state index is 3.58. The lowest BCUT2D eigenvalue weighted by molar-refractivity contribution is 0.401. The molecule has 0 fully saturated rings. The Morgan fingerprint density at radius 2 is 1.75 bits per heavy atom. The molecule has 3 heteroatoms. The molecule has 1 aromatic carbocycles. The van der Waals surface area contributed by atoms with Gasteiger partial charge in [0.05, 0.1) is 0 Å². The normalized spacial score (nSPS) is 12.7. The maximum Gasteiger partial charge on any atom is 0.0412 e. The Morgan fingerprint density at radius 3 is 2.35 bits per heavy atom. The van der Waals surface area contributed by atoms with Crippen LogP contribution in [-0.4, -0.2) is 45.7 Å². The van der Waals surface area contributed by atoms with Gasteiger partial charge in [-0.3, -0.25) is 0 Å². The molecule has 0 radical (unpaired) electrons. The van der Waals surface area contributed by atoms with Crippen molar-refractivity contribution >= 4 is 5.69 Å². The van der Waals surface area contributed by atoms with E-state index in [1.807, 2.05) is 0 Å². The van der Waals surface area contributed by atoms with E-state index in [2.05, 4.69) is 74.4 Å². The Labute approximate surface area is 125 Å². The van der Waals surface area contributed by atoms with E-state index in [1.165, 1.54) is 17.7 Å². The molecule has 3 nitrogen and oxygen atoms in total. The molecule has 20 heavy (non-hydrogen) atoms. The average Bonchev–Trinajstić information content (AvgIpc) is 2.44. The smallest absolute Gasteiger partial charge is 0.0412 e. The number of nitrogens with zero attached hydrogens (tertiary/aromatic N) is 2. The molecule has 1 N–H and O–H groups in total. The van der Waals surface area contributed by atoms with Crippen LogP contribution in [0.1, 0.15) is 38.3 Å². The molecule has 0 amide bonds. The number of benzene rings is 1. The van der Waals surface area contributed by atoms with E-state index in [4.69, 9.17) is 0 Å². The lowest BCUT2D eigenvalue weighted by Crippen LogP contribution is -2.27. The first-order valence-corrected chi connectivity index (χ1v) is 7.78. The fourth-order valence-corrected chi connectivity index (χ4v) is 2.59. The lowest BCUT2D eigenvalue weighted by Gasteiger charge is -2.27. The van der Waals surface area contributed by atoms with E-state index in [-0.39, 0.29) is 0 Å². The Kier molecular flexibility index (Phi) is 7.63. The van der Waals surface area contributed by atoms with Gasteiger partial charge in [-0.15, -0.1) is 0 Å². The second-order valence-electron chi connectivity index (χ2n) is 5.66. The first-order chi connectivity index (χ1) is 9.60. The van der Waals surface area contributed by atoms with Crippen LogP contribution in [0.15, 0.2) is 24.3 Å². The third-order valence-electron chi connectivity index (χ3n) is 3.68. The molecule has 0 aliphatic heterocycles. The summed E-state index contributed by atoms with van der Waals surface area (Å²) in [6.07, 6.45) is 2.31. The van der Waals surface area contributed by atoms with Gasteiger partial charge in [-0.1, -0.05) is 32.0 Å². The molecule has 0 aromatic heterocycles. The van der Waals surface area contributed by atoms with E-state index in [1.54, 1.807) is 0 Å². The van der Waals surface area contributed by atoms with Crippen molar-refractivity contribution in [1.29, 1.82) is 0 Å². The van der Waals surface area contributed by atoms with Gasteiger partial charge in [-0.05, 0) is 51.7 Å². The van der Waals surface area contributed by atoms with Crippen molar-refractivity contribution in [2.24, 2.45) is 0 Å². The molecule has 1 unspecified atom stereocenters. The summed E-state index contributed by atoms with van der Waals surface area (Å²) in [5.41, 5.74) is 2.78. The van der Waals surface area contributed by atoms with Crippen LogP contribution in [0.3, 0.4) is 0 Å². The maximum atomic E-state index is 3.58. The predicted molar refractivity (Wildman–Crippen MR) is 89.6 cm³/mol. The summed E-state index contributed by atoms with van der Waals surface area (Å²) in [4.78, 5) is 4.63. The highest BCUT2D eigenvalue weighted by molar-refractivity contribution is 5.54. The highest BCUT2D eigenvalue weighted by Gasteiger charge is 2.14. The van der Waals surface area contributed by atoms with Crippen molar-refractivity contribution < 1.29 is 0 Å². The van der Waals surface area contributed by atoms with Gasteiger partial charge in [0, 0.05) is 25.3 Å². The van der Waals surface area contributed by atoms with Gasteiger partial charge in [-0.25, -0.2) is 0 Å². The molecule has 0 spiro atoms. The number of hydrogen-bond acceptors (Lipinski definition) is 3. The van der Waals surface area contributed by atoms with Gasteiger partial charge in [0.25, 0.3) is 0 Å². The summed E-state index contributed by atoms with van der Waals surface area (Å²) in [7, 11) is 6.46. The zero-order valence-electron chi connectivity index (χ0n) is 13.8. The molecular weight excluding hydrogens is 246 g/mol. The summed E-state index contributed by atoms with van der Waals surface area (Å²) in [6, 6.07) is 9.24. The summed E-state index contributed by atoms with van der Waals surface area (Å²) >= 11 is 0. The van der Waals surface area contributed by atoms with Crippen LogP contribution in [-0.2, 0) is 0 Å². The number of para-hydroxylation sites is 1. The van der Waals surface area contributed by atoms with Crippen molar-refractivity contribution in [3.05, 3.63) is 29.8 Å². The van der Waals surface area contributed by atoms with E-state index < -0.39 is 0 Å². The van der Waals surface area contributed by atoms with Gasteiger partial charge in [-0.2, -0.15) is 0 Å². The fourth-order valence-electron chi connectivity index (χ4n) is 2.59. The number of nitrogens with one attached hydrogen (secondary N) is 1. The Bertz CT molecular complexity index is 376. The van der Waals surface area contributed by atoms with E-state index >= 15 is 0 Å². The minimum atomic E-state index is 0.451. The molecule has 0 saturated heterocycles. The summed E-state index contributed by atoms with van der Waals surface area (Å²) < 4.78 is 0. The van der Waals surface area contributed by atoms with Gasteiger partial charge >= 0.3 is 0 Å². The molecule has 1 aromatic rings. The average molecular weight is 277 g/mol. The van der Waals surface area contributed by atoms with Crippen LogP contribution in [0.2, 0.25) is 0 Å². The Balaban J connectivity index is 2.77. The van der Waals surface area contributed by atoms with Crippen molar-refractivity contribution in [3.8, 4) is 0 Å². The van der Waals surface area contributed by atoms with E-state index in [0.29, 0.717) is 6.04 Å². The summed E-state index contributed by atoms with van der Waals surface area (Å²) in [5.74, 6) is 0. The lowest BCUT2D eigenvalue weighted by atomic mass is 10.0. The zero-order valence-corrected chi connectivity index (χ0v) is 13.8. The van der Waals surface area contributed by atoms with Gasteiger partial charge in [0.2, 0.25) is 0 Å². The monoisotopic (exact) mass is 277 g/mol. The van der Waals surface area contributed by atoms with Crippen LogP contribution in [0.5, 0.6) is 0 Å².